The summed E-state index contributed by atoms with van der Waals surface area (Å²) in [5.41, 5.74) is 2.16. The molecule has 128 valence electrons. The van der Waals surface area contributed by atoms with Crippen LogP contribution in [-0.4, -0.2) is 36.6 Å². The number of aryl methyl sites for hydroxylation is 1. The fourth-order valence-electron chi connectivity index (χ4n) is 2.30. The van der Waals surface area contributed by atoms with E-state index in [9.17, 15) is 4.21 Å². The highest BCUT2D eigenvalue weighted by atomic mass is 32.2. The summed E-state index contributed by atoms with van der Waals surface area (Å²) in [6, 6.07) is 7.91. The van der Waals surface area contributed by atoms with E-state index in [1.54, 1.807) is 0 Å². The van der Waals surface area contributed by atoms with Gasteiger partial charge in [0.2, 0.25) is 0 Å². The monoisotopic (exact) mass is 351 g/mol. The maximum atomic E-state index is 12.6. The lowest BCUT2D eigenvalue weighted by Gasteiger charge is -2.38. The second kappa shape index (κ2) is 6.99. The van der Waals surface area contributed by atoms with Crippen LogP contribution in [0.3, 0.4) is 0 Å². The predicted molar refractivity (Wildman–Crippen MR) is 101 cm³/mol. The fourth-order valence-corrected chi connectivity index (χ4v) is 4.77. The number of nitrogens with zero attached hydrogens (tertiary/aromatic N) is 1. The largest absolute Gasteiger partial charge is 0.409 e. The quantitative estimate of drug-likeness (QED) is 0.740. The van der Waals surface area contributed by atoms with E-state index >= 15 is 0 Å². The zero-order valence-electron chi connectivity index (χ0n) is 15.2. The topological polar surface area (TPSA) is 38.7 Å². The van der Waals surface area contributed by atoms with Gasteiger partial charge < -0.3 is 4.43 Å². The molecule has 1 aromatic rings. The van der Waals surface area contributed by atoms with Gasteiger partial charge in [-0.2, -0.15) is 0 Å². The van der Waals surface area contributed by atoms with Gasteiger partial charge in [0.25, 0.3) is 0 Å². The molecule has 1 aliphatic rings. The van der Waals surface area contributed by atoms with Crippen LogP contribution < -0.4 is 0 Å². The first kappa shape index (κ1) is 18.6. The van der Waals surface area contributed by atoms with Crippen LogP contribution in [0, 0.1) is 6.92 Å². The average molecular weight is 352 g/mol. The zero-order chi connectivity index (χ0) is 17.3. The Bertz CT molecular complexity index is 602. The molecule has 0 saturated heterocycles. The Kier molecular flexibility index (Phi) is 5.64. The van der Waals surface area contributed by atoms with Gasteiger partial charge in [-0.25, -0.2) is 0 Å². The normalized spacial score (nSPS) is 20.4. The SMILES string of the molecule is Cc1ccc([S@@](=O)CC2=NCC[C@@H]2O[Si](C)(C)C(C)(C)C)cc1. The summed E-state index contributed by atoms with van der Waals surface area (Å²) in [7, 11) is -2.88. The van der Waals surface area contributed by atoms with E-state index in [4.69, 9.17) is 4.43 Å². The van der Waals surface area contributed by atoms with Crippen molar-refractivity contribution in [2.24, 2.45) is 4.99 Å². The lowest BCUT2D eigenvalue weighted by atomic mass is 10.2. The minimum absolute atomic E-state index is 0.0466. The molecule has 0 aromatic heterocycles. The molecule has 0 aliphatic carbocycles. The van der Waals surface area contributed by atoms with Crippen molar-refractivity contribution < 1.29 is 8.63 Å². The molecule has 23 heavy (non-hydrogen) atoms. The van der Waals surface area contributed by atoms with Crippen LogP contribution in [0.2, 0.25) is 18.1 Å². The zero-order valence-corrected chi connectivity index (χ0v) is 17.0. The minimum atomic E-state index is -1.83. The van der Waals surface area contributed by atoms with Gasteiger partial charge in [0.15, 0.2) is 8.32 Å². The van der Waals surface area contributed by atoms with Crippen LogP contribution >= 0.6 is 0 Å². The van der Waals surface area contributed by atoms with Gasteiger partial charge in [0.1, 0.15) is 0 Å². The van der Waals surface area contributed by atoms with E-state index in [0.29, 0.717) is 5.75 Å². The van der Waals surface area contributed by atoms with E-state index < -0.39 is 19.1 Å². The number of rotatable bonds is 5. The molecule has 1 heterocycles. The Balaban J connectivity index is 2.05. The minimum Gasteiger partial charge on any atom is -0.409 e. The molecule has 0 radical (unpaired) electrons. The second-order valence-corrected chi connectivity index (χ2v) is 14.0. The molecule has 2 rings (SSSR count). The van der Waals surface area contributed by atoms with E-state index in [-0.39, 0.29) is 11.1 Å². The molecule has 0 amide bonds. The molecular weight excluding hydrogens is 322 g/mol. The third-order valence-corrected chi connectivity index (χ3v) is 10.7. The first-order valence-corrected chi connectivity index (χ1v) is 12.5. The van der Waals surface area contributed by atoms with E-state index in [1.807, 2.05) is 31.2 Å². The molecule has 1 aromatic carbocycles. The standard InChI is InChI=1S/C18H29NO2SSi/c1-14-7-9-15(10-8-14)22(20)13-16-17(11-12-19-16)21-23(5,6)18(2,3)4/h7-10,17H,11-13H2,1-6H3/t17-,22-/m0/s1. The van der Waals surface area contributed by atoms with Gasteiger partial charge in [0, 0.05) is 11.4 Å². The molecule has 5 heteroatoms. The van der Waals surface area contributed by atoms with Crippen molar-refractivity contribution >= 4 is 24.8 Å². The summed E-state index contributed by atoms with van der Waals surface area (Å²) >= 11 is 0. The Labute approximate surface area is 144 Å². The molecular formula is C18H29NO2SSi. The maximum absolute atomic E-state index is 12.6. The lowest BCUT2D eigenvalue weighted by molar-refractivity contribution is 0.242. The predicted octanol–water partition coefficient (Wildman–Crippen LogP) is 4.34. The van der Waals surface area contributed by atoms with Crippen molar-refractivity contribution in [3.8, 4) is 0 Å². The number of aliphatic imine (C=N–C) groups is 1. The van der Waals surface area contributed by atoms with Crippen molar-refractivity contribution in [3.63, 3.8) is 0 Å². The van der Waals surface area contributed by atoms with Crippen LogP contribution in [0.5, 0.6) is 0 Å². The third kappa shape index (κ3) is 4.61. The molecule has 0 spiro atoms. The summed E-state index contributed by atoms with van der Waals surface area (Å²) in [4.78, 5) is 5.46. The summed E-state index contributed by atoms with van der Waals surface area (Å²) in [5, 5.41) is 0.177. The molecule has 0 fully saturated rings. The van der Waals surface area contributed by atoms with Crippen LogP contribution in [0.1, 0.15) is 32.8 Å². The Morgan fingerprint density at radius 2 is 1.87 bits per heavy atom. The van der Waals surface area contributed by atoms with Crippen molar-refractivity contribution in [2.45, 2.75) is 63.2 Å². The summed E-state index contributed by atoms with van der Waals surface area (Å²) in [6.07, 6.45) is 0.970. The highest BCUT2D eigenvalue weighted by molar-refractivity contribution is 7.85. The van der Waals surface area contributed by atoms with Crippen molar-refractivity contribution in [2.75, 3.05) is 12.3 Å². The molecule has 0 N–H and O–H groups in total. The first-order valence-electron chi connectivity index (χ1n) is 8.26. The van der Waals surface area contributed by atoms with Crippen molar-refractivity contribution in [3.05, 3.63) is 29.8 Å². The van der Waals surface area contributed by atoms with Crippen molar-refractivity contribution in [1.29, 1.82) is 0 Å². The maximum Gasteiger partial charge on any atom is 0.192 e. The molecule has 0 bridgehead atoms. The molecule has 2 atom stereocenters. The highest BCUT2D eigenvalue weighted by Crippen LogP contribution is 2.38. The van der Waals surface area contributed by atoms with Crippen LogP contribution in [0.15, 0.2) is 34.2 Å². The van der Waals surface area contributed by atoms with Crippen LogP contribution in [0.4, 0.5) is 0 Å². The average Bonchev–Trinajstić information content (AvgIpc) is 2.84. The van der Waals surface area contributed by atoms with E-state index in [0.717, 1.165) is 23.6 Å². The van der Waals surface area contributed by atoms with Gasteiger partial charge in [-0.15, -0.1) is 0 Å². The van der Waals surface area contributed by atoms with Gasteiger partial charge >= 0.3 is 0 Å². The van der Waals surface area contributed by atoms with Crippen LogP contribution in [0.25, 0.3) is 0 Å². The highest BCUT2D eigenvalue weighted by Gasteiger charge is 2.40. The van der Waals surface area contributed by atoms with Gasteiger partial charge in [-0.05, 0) is 43.6 Å². The number of hydrogen-bond acceptors (Lipinski definition) is 3. The van der Waals surface area contributed by atoms with E-state index in [2.05, 4.69) is 38.9 Å². The third-order valence-electron chi connectivity index (χ3n) is 4.88. The molecule has 0 unspecified atom stereocenters. The summed E-state index contributed by atoms with van der Waals surface area (Å²) < 4.78 is 19.1. The Morgan fingerprint density at radius 3 is 2.43 bits per heavy atom. The first-order chi connectivity index (χ1) is 10.6. The molecule has 3 nitrogen and oxygen atoms in total. The van der Waals surface area contributed by atoms with Crippen molar-refractivity contribution in [1.82, 2.24) is 0 Å². The Morgan fingerprint density at radius 1 is 1.26 bits per heavy atom. The van der Waals surface area contributed by atoms with E-state index in [1.165, 1.54) is 5.56 Å². The van der Waals surface area contributed by atoms with Gasteiger partial charge in [0.05, 0.1) is 28.4 Å². The Hall–Kier alpha value is -0.783. The van der Waals surface area contributed by atoms with Gasteiger partial charge in [-0.3, -0.25) is 9.20 Å². The van der Waals surface area contributed by atoms with Crippen LogP contribution in [-0.2, 0) is 15.2 Å². The molecule has 0 saturated carbocycles. The molecule has 1 aliphatic heterocycles. The smallest absolute Gasteiger partial charge is 0.192 e. The number of benzene rings is 1. The van der Waals surface area contributed by atoms with Gasteiger partial charge in [-0.1, -0.05) is 38.5 Å². The summed E-state index contributed by atoms with van der Waals surface area (Å²) in [5.74, 6) is 0.488. The number of hydrogen-bond donors (Lipinski definition) is 0. The second-order valence-electron chi connectivity index (χ2n) is 7.83. The summed E-state index contributed by atoms with van der Waals surface area (Å²) in [6.45, 7) is 14.1. The lowest BCUT2D eigenvalue weighted by Crippen LogP contribution is -2.46. The fraction of sp³-hybridized carbons (Fsp3) is 0.611.